The van der Waals surface area contributed by atoms with Crippen molar-refractivity contribution < 1.29 is 9.32 Å². The minimum Gasteiger partial charge on any atom is -0.368 e. The molecule has 1 aliphatic rings. The minimum absolute atomic E-state index is 0.200. The van der Waals surface area contributed by atoms with Gasteiger partial charge in [-0.2, -0.15) is 0 Å². The van der Waals surface area contributed by atoms with Crippen LogP contribution in [0.2, 0.25) is 0 Å². The molecule has 0 atom stereocenters. The summed E-state index contributed by atoms with van der Waals surface area (Å²) < 4.78 is 5.18. The molecule has 0 spiro atoms. The molecule has 0 radical (unpaired) electrons. The molecule has 150 valence electrons. The lowest BCUT2D eigenvalue weighted by Gasteiger charge is -2.37. The molecule has 1 saturated heterocycles. The van der Waals surface area contributed by atoms with E-state index in [4.69, 9.17) is 4.52 Å². The highest BCUT2D eigenvalue weighted by Gasteiger charge is 2.22. The lowest BCUT2D eigenvalue weighted by atomic mass is 10.0. The molecule has 3 aromatic rings. The first-order valence-electron chi connectivity index (χ1n) is 10.2. The second-order valence-corrected chi connectivity index (χ2v) is 7.71. The summed E-state index contributed by atoms with van der Waals surface area (Å²) in [5.74, 6) is 0.200. The number of amides is 1. The topological polar surface area (TPSA) is 49.6 Å². The molecular formula is C24H27N3O2. The predicted molar refractivity (Wildman–Crippen MR) is 115 cm³/mol. The van der Waals surface area contributed by atoms with Gasteiger partial charge in [0.25, 0.3) is 0 Å². The molecule has 1 fully saturated rings. The van der Waals surface area contributed by atoms with E-state index in [2.05, 4.69) is 42.1 Å². The van der Waals surface area contributed by atoms with E-state index in [0.717, 1.165) is 43.0 Å². The summed E-state index contributed by atoms with van der Waals surface area (Å²) in [4.78, 5) is 17.1. The molecule has 5 heteroatoms. The lowest BCUT2D eigenvalue weighted by molar-refractivity contribution is -0.131. The van der Waals surface area contributed by atoms with E-state index in [9.17, 15) is 4.79 Å². The van der Waals surface area contributed by atoms with Gasteiger partial charge in [-0.05, 0) is 37.5 Å². The van der Waals surface area contributed by atoms with Crippen LogP contribution in [0.15, 0.2) is 59.3 Å². The van der Waals surface area contributed by atoms with E-state index in [-0.39, 0.29) is 5.91 Å². The number of piperazine rings is 1. The van der Waals surface area contributed by atoms with Crippen LogP contribution in [-0.4, -0.2) is 42.1 Å². The first kappa shape index (κ1) is 19.2. The maximum Gasteiger partial charge on any atom is 0.223 e. The molecule has 29 heavy (non-hydrogen) atoms. The molecule has 2 heterocycles. The SMILES string of the molecule is Cc1ccc(C)c(N2CCN(C(=O)CCc3conc3-c3ccccc3)CC2)c1. The summed E-state index contributed by atoms with van der Waals surface area (Å²) in [6.07, 6.45) is 2.78. The summed E-state index contributed by atoms with van der Waals surface area (Å²) in [6.45, 7) is 7.55. The van der Waals surface area contributed by atoms with Crippen molar-refractivity contribution >= 4 is 11.6 Å². The highest BCUT2D eigenvalue weighted by molar-refractivity contribution is 5.77. The normalized spacial score (nSPS) is 14.3. The molecule has 0 bridgehead atoms. The van der Waals surface area contributed by atoms with Gasteiger partial charge in [0.1, 0.15) is 12.0 Å². The Balaban J connectivity index is 1.33. The Morgan fingerprint density at radius 1 is 1.03 bits per heavy atom. The van der Waals surface area contributed by atoms with Gasteiger partial charge >= 0.3 is 0 Å². The van der Waals surface area contributed by atoms with Crippen LogP contribution in [-0.2, 0) is 11.2 Å². The first-order valence-corrected chi connectivity index (χ1v) is 10.2. The van der Waals surface area contributed by atoms with Crippen LogP contribution in [0, 0.1) is 13.8 Å². The standard InChI is InChI=1S/C24H27N3O2/c1-18-8-9-19(2)22(16-18)26-12-14-27(15-13-26)23(28)11-10-21-17-29-25-24(21)20-6-4-3-5-7-20/h3-9,16-17H,10-15H2,1-2H3. The molecule has 1 amide bonds. The van der Waals surface area contributed by atoms with Gasteiger partial charge in [0.2, 0.25) is 5.91 Å². The van der Waals surface area contributed by atoms with Gasteiger partial charge < -0.3 is 14.3 Å². The third-order valence-electron chi connectivity index (χ3n) is 5.64. The third kappa shape index (κ3) is 4.34. The summed E-state index contributed by atoms with van der Waals surface area (Å²) in [5, 5.41) is 4.13. The van der Waals surface area contributed by atoms with E-state index in [1.54, 1.807) is 6.26 Å². The van der Waals surface area contributed by atoms with Crippen molar-refractivity contribution in [2.24, 2.45) is 0 Å². The van der Waals surface area contributed by atoms with Crippen molar-refractivity contribution in [2.45, 2.75) is 26.7 Å². The molecule has 0 aliphatic carbocycles. The number of aromatic nitrogens is 1. The first-order chi connectivity index (χ1) is 14.1. The Labute approximate surface area is 171 Å². The van der Waals surface area contributed by atoms with E-state index in [1.807, 2.05) is 35.2 Å². The van der Waals surface area contributed by atoms with E-state index < -0.39 is 0 Å². The number of hydrogen-bond donors (Lipinski definition) is 0. The average molecular weight is 389 g/mol. The second-order valence-electron chi connectivity index (χ2n) is 7.71. The van der Waals surface area contributed by atoms with Gasteiger partial charge in [0, 0.05) is 49.4 Å². The van der Waals surface area contributed by atoms with Gasteiger partial charge in [-0.1, -0.05) is 47.6 Å². The molecule has 0 saturated carbocycles. The number of benzene rings is 2. The van der Waals surface area contributed by atoms with Crippen LogP contribution in [0.3, 0.4) is 0 Å². The molecule has 1 aliphatic heterocycles. The minimum atomic E-state index is 0.200. The largest absolute Gasteiger partial charge is 0.368 e. The van der Waals surface area contributed by atoms with Crippen LogP contribution >= 0.6 is 0 Å². The lowest BCUT2D eigenvalue weighted by Crippen LogP contribution is -2.49. The molecule has 2 aromatic carbocycles. The number of nitrogens with zero attached hydrogens (tertiary/aromatic N) is 3. The third-order valence-corrected chi connectivity index (χ3v) is 5.64. The number of aryl methyl sites for hydroxylation is 3. The van der Waals surface area contributed by atoms with Gasteiger partial charge in [-0.3, -0.25) is 4.79 Å². The Kier molecular flexibility index (Phi) is 5.65. The van der Waals surface area contributed by atoms with Crippen molar-refractivity contribution in [3.63, 3.8) is 0 Å². The molecular weight excluding hydrogens is 362 g/mol. The maximum absolute atomic E-state index is 12.8. The number of carbonyl (C=O) groups is 1. The Morgan fingerprint density at radius 3 is 2.55 bits per heavy atom. The molecule has 0 unspecified atom stereocenters. The number of carbonyl (C=O) groups excluding carboxylic acids is 1. The summed E-state index contributed by atoms with van der Waals surface area (Å²) in [6, 6.07) is 16.5. The Bertz CT molecular complexity index is 973. The van der Waals surface area contributed by atoms with Crippen LogP contribution in [0.5, 0.6) is 0 Å². The zero-order valence-corrected chi connectivity index (χ0v) is 17.1. The second kappa shape index (κ2) is 8.52. The smallest absolute Gasteiger partial charge is 0.223 e. The maximum atomic E-state index is 12.8. The quantitative estimate of drug-likeness (QED) is 0.655. The van der Waals surface area contributed by atoms with Crippen molar-refractivity contribution in [3.05, 3.63) is 71.5 Å². The Morgan fingerprint density at radius 2 is 1.79 bits per heavy atom. The highest BCUT2D eigenvalue weighted by atomic mass is 16.5. The molecule has 0 N–H and O–H groups in total. The highest BCUT2D eigenvalue weighted by Crippen LogP contribution is 2.25. The van der Waals surface area contributed by atoms with E-state index in [1.165, 1.54) is 16.8 Å². The number of hydrogen-bond acceptors (Lipinski definition) is 4. The van der Waals surface area contributed by atoms with E-state index in [0.29, 0.717) is 12.8 Å². The van der Waals surface area contributed by atoms with Crippen molar-refractivity contribution in [2.75, 3.05) is 31.1 Å². The zero-order chi connectivity index (χ0) is 20.2. The molecule has 4 rings (SSSR count). The zero-order valence-electron chi connectivity index (χ0n) is 17.1. The van der Waals surface area contributed by atoms with Crippen LogP contribution in [0.25, 0.3) is 11.3 Å². The summed E-state index contributed by atoms with van der Waals surface area (Å²) >= 11 is 0. The monoisotopic (exact) mass is 389 g/mol. The summed E-state index contributed by atoms with van der Waals surface area (Å²) in [7, 11) is 0. The van der Waals surface area contributed by atoms with E-state index >= 15 is 0 Å². The van der Waals surface area contributed by atoms with Gasteiger partial charge in [0.05, 0.1) is 0 Å². The summed E-state index contributed by atoms with van der Waals surface area (Å²) in [5.41, 5.74) is 6.68. The fraction of sp³-hybridized carbons (Fsp3) is 0.333. The fourth-order valence-electron chi connectivity index (χ4n) is 3.93. The van der Waals surface area contributed by atoms with Gasteiger partial charge in [0.15, 0.2) is 0 Å². The van der Waals surface area contributed by atoms with Crippen molar-refractivity contribution in [1.29, 1.82) is 0 Å². The fourth-order valence-corrected chi connectivity index (χ4v) is 3.93. The van der Waals surface area contributed by atoms with Crippen LogP contribution < -0.4 is 4.90 Å². The van der Waals surface area contributed by atoms with Crippen LogP contribution in [0.4, 0.5) is 5.69 Å². The molecule has 5 nitrogen and oxygen atoms in total. The predicted octanol–water partition coefficient (Wildman–Crippen LogP) is 4.24. The van der Waals surface area contributed by atoms with Crippen molar-refractivity contribution in [3.8, 4) is 11.3 Å². The number of anilines is 1. The Hall–Kier alpha value is -3.08. The molecule has 1 aromatic heterocycles. The van der Waals surface area contributed by atoms with Crippen molar-refractivity contribution in [1.82, 2.24) is 10.1 Å². The van der Waals surface area contributed by atoms with Gasteiger partial charge in [-0.25, -0.2) is 0 Å². The number of rotatable bonds is 5. The van der Waals surface area contributed by atoms with Gasteiger partial charge in [-0.15, -0.1) is 0 Å². The average Bonchev–Trinajstić information content (AvgIpc) is 3.23. The van der Waals surface area contributed by atoms with Crippen LogP contribution in [0.1, 0.15) is 23.1 Å².